The number of hydrazine groups is 1. The van der Waals surface area contributed by atoms with Gasteiger partial charge in [0, 0.05) is 4.47 Å². The van der Waals surface area contributed by atoms with Crippen molar-refractivity contribution in [3.8, 4) is 0 Å². The third kappa shape index (κ3) is 2.35. The van der Waals surface area contributed by atoms with Gasteiger partial charge in [0.25, 0.3) is 5.91 Å². The predicted molar refractivity (Wildman–Crippen MR) is 73.3 cm³/mol. The van der Waals surface area contributed by atoms with E-state index in [2.05, 4.69) is 15.9 Å². The van der Waals surface area contributed by atoms with Gasteiger partial charge in [0.15, 0.2) is 4.32 Å². The molecule has 0 aliphatic carbocycles. The summed E-state index contributed by atoms with van der Waals surface area (Å²) in [5, 5.41) is 0.991. The summed E-state index contributed by atoms with van der Waals surface area (Å²) >= 11 is 9.49. The monoisotopic (exact) mass is 314 g/mol. The maximum Gasteiger partial charge on any atom is 0.280 e. The second-order valence-corrected chi connectivity index (χ2v) is 5.69. The fourth-order valence-electron chi connectivity index (χ4n) is 1.19. The number of rotatable bonds is 1. The zero-order valence-corrected chi connectivity index (χ0v) is 11.2. The molecule has 2 rings (SSSR count). The summed E-state index contributed by atoms with van der Waals surface area (Å²) in [5.41, 5.74) is 0.942. The summed E-state index contributed by atoms with van der Waals surface area (Å²) in [4.78, 5) is 12.2. The highest BCUT2D eigenvalue weighted by Crippen LogP contribution is 2.30. The van der Waals surface area contributed by atoms with Gasteiger partial charge in [-0.25, -0.2) is 10.9 Å². The molecule has 1 heterocycles. The van der Waals surface area contributed by atoms with E-state index in [1.54, 1.807) is 6.08 Å². The zero-order valence-electron chi connectivity index (χ0n) is 8.01. The van der Waals surface area contributed by atoms with E-state index in [4.69, 9.17) is 18.1 Å². The van der Waals surface area contributed by atoms with Gasteiger partial charge in [-0.05, 0) is 23.8 Å². The van der Waals surface area contributed by atoms with Gasteiger partial charge < -0.3 is 0 Å². The maximum absolute atomic E-state index is 11.6. The van der Waals surface area contributed by atoms with E-state index in [-0.39, 0.29) is 5.91 Å². The minimum absolute atomic E-state index is 0.252. The van der Waals surface area contributed by atoms with Gasteiger partial charge in [0.1, 0.15) is 0 Å². The molecule has 16 heavy (non-hydrogen) atoms. The molecule has 0 aromatic heterocycles. The first-order valence-corrected chi connectivity index (χ1v) is 6.38. The van der Waals surface area contributed by atoms with Gasteiger partial charge in [-0.3, -0.25) is 4.79 Å². The number of thioether (sulfide) groups is 1. The number of nitrogens with zero attached hydrogens (tertiary/aromatic N) is 1. The molecule has 0 spiro atoms. The topological polar surface area (TPSA) is 46.3 Å². The smallest absolute Gasteiger partial charge is 0.267 e. The second-order valence-electron chi connectivity index (χ2n) is 3.10. The van der Waals surface area contributed by atoms with Gasteiger partial charge in [-0.2, -0.15) is 0 Å². The highest BCUT2D eigenvalue weighted by molar-refractivity contribution is 9.10. The van der Waals surface area contributed by atoms with Gasteiger partial charge in [-0.1, -0.05) is 52.0 Å². The van der Waals surface area contributed by atoms with E-state index in [9.17, 15) is 4.79 Å². The minimum Gasteiger partial charge on any atom is -0.267 e. The number of carbonyl (C=O) groups is 1. The molecule has 1 aliphatic rings. The van der Waals surface area contributed by atoms with Crippen molar-refractivity contribution in [2.75, 3.05) is 0 Å². The molecule has 82 valence electrons. The van der Waals surface area contributed by atoms with Crippen molar-refractivity contribution in [2.45, 2.75) is 0 Å². The highest BCUT2D eigenvalue weighted by atomic mass is 79.9. The normalized spacial score (nSPS) is 18.6. The van der Waals surface area contributed by atoms with Gasteiger partial charge in [0.05, 0.1) is 4.91 Å². The Morgan fingerprint density at radius 2 is 2.00 bits per heavy atom. The molecule has 0 saturated carbocycles. The first-order valence-electron chi connectivity index (χ1n) is 4.36. The molecule has 0 unspecified atom stereocenters. The summed E-state index contributed by atoms with van der Waals surface area (Å²) in [6.45, 7) is 0. The average Bonchev–Trinajstić information content (AvgIpc) is 2.50. The van der Waals surface area contributed by atoms with Crippen LogP contribution >= 0.6 is 39.9 Å². The van der Waals surface area contributed by atoms with Crippen molar-refractivity contribution in [2.24, 2.45) is 5.84 Å². The molecule has 0 radical (unpaired) electrons. The van der Waals surface area contributed by atoms with Crippen molar-refractivity contribution in [3.05, 3.63) is 39.2 Å². The Bertz CT molecular complexity index is 484. The Balaban J connectivity index is 2.29. The first-order chi connectivity index (χ1) is 7.58. The number of thiocarbonyl (C=S) groups is 1. The van der Waals surface area contributed by atoms with Crippen LogP contribution in [-0.4, -0.2) is 15.2 Å². The number of hydrogen-bond acceptors (Lipinski definition) is 4. The Hall–Kier alpha value is -0.690. The third-order valence-electron chi connectivity index (χ3n) is 1.99. The number of halogens is 1. The van der Waals surface area contributed by atoms with Gasteiger partial charge in [0.2, 0.25) is 0 Å². The average molecular weight is 315 g/mol. The fraction of sp³-hybridized carbons (Fsp3) is 0. The Labute approximate surface area is 111 Å². The molecule has 6 heteroatoms. The SMILES string of the molecule is NN1C(=O)C(=Cc2ccc(Br)cc2)SC1=S. The second kappa shape index (κ2) is 4.67. The largest absolute Gasteiger partial charge is 0.280 e. The number of benzene rings is 1. The van der Waals surface area contributed by atoms with Gasteiger partial charge in [-0.15, -0.1) is 0 Å². The van der Waals surface area contributed by atoms with Crippen molar-refractivity contribution in [3.63, 3.8) is 0 Å². The van der Waals surface area contributed by atoms with Crippen molar-refractivity contribution >= 4 is 56.2 Å². The van der Waals surface area contributed by atoms with Crippen LogP contribution in [0.1, 0.15) is 5.56 Å². The van der Waals surface area contributed by atoms with E-state index in [1.807, 2.05) is 24.3 Å². The number of carbonyl (C=O) groups excluding carboxylic acids is 1. The molecule has 1 aliphatic heterocycles. The van der Waals surface area contributed by atoms with Crippen LogP contribution in [0, 0.1) is 0 Å². The lowest BCUT2D eigenvalue weighted by molar-refractivity contribution is -0.122. The fourth-order valence-corrected chi connectivity index (χ4v) is 2.56. The highest BCUT2D eigenvalue weighted by Gasteiger charge is 2.29. The molecule has 2 N–H and O–H groups in total. The first kappa shape index (κ1) is 11.8. The van der Waals surface area contributed by atoms with Crippen molar-refractivity contribution in [1.82, 2.24) is 5.01 Å². The van der Waals surface area contributed by atoms with E-state index in [1.165, 1.54) is 11.8 Å². The molecule has 1 saturated heterocycles. The lowest BCUT2D eigenvalue weighted by Crippen LogP contribution is -2.34. The van der Waals surface area contributed by atoms with Crippen LogP contribution in [0.25, 0.3) is 6.08 Å². The molecule has 0 bridgehead atoms. The quantitative estimate of drug-likeness (QED) is 0.374. The van der Waals surface area contributed by atoms with Crippen molar-refractivity contribution < 1.29 is 4.79 Å². The molecule has 1 fully saturated rings. The van der Waals surface area contributed by atoms with E-state index >= 15 is 0 Å². The molecule has 1 aromatic rings. The number of amides is 1. The maximum atomic E-state index is 11.6. The molecule has 0 atom stereocenters. The van der Waals surface area contributed by atoms with Crippen LogP contribution in [0.3, 0.4) is 0 Å². The summed E-state index contributed by atoms with van der Waals surface area (Å²) < 4.78 is 1.38. The van der Waals surface area contributed by atoms with E-state index in [0.717, 1.165) is 15.0 Å². The molecular weight excluding hydrogens is 308 g/mol. The van der Waals surface area contributed by atoms with Gasteiger partial charge >= 0.3 is 0 Å². The summed E-state index contributed by atoms with van der Waals surface area (Å²) in [7, 11) is 0. The summed E-state index contributed by atoms with van der Waals surface area (Å²) in [6.07, 6.45) is 1.78. The van der Waals surface area contributed by atoms with Crippen LogP contribution in [0.5, 0.6) is 0 Å². The number of hydrogen-bond donors (Lipinski definition) is 1. The van der Waals surface area contributed by atoms with E-state index in [0.29, 0.717) is 9.23 Å². The lowest BCUT2D eigenvalue weighted by atomic mass is 10.2. The molecular formula is C10H7BrN2OS2. The summed E-state index contributed by atoms with van der Waals surface area (Å²) in [6, 6.07) is 7.64. The van der Waals surface area contributed by atoms with Crippen molar-refractivity contribution in [1.29, 1.82) is 0 Å². The van der Waals surface area contributed by atoms with Crippen LogP contribution < -0.4 is 5.84 Å². The predicted octanol–water partition coefficient (Wildman–Crippen LogP) is 2.52. The third-order valence-corrected chi connectivity index (χ3v) is 3.85. The minimum atomic E-state index is -0.252. The molecule has 1 aromatic carbocycles. The zero-order chi connectivity index (χ0) is 11.7. The standard InChI is InChI=1S/C10H7BrN2OS2/c11-7-3-1-6(2-4-7)5-8-9(14)13(12)10(15)16-8/h1-5H,12H2. The molecule has 3 nitrogen and oxygen atoms in total. The Morgan fingerprint density at radius 1 is 1.38 bits per heavy atom. The number of nitrogens with two attached hydrogens (primary N) is 1. The van der Waals surface area contributed by atoms with E-state index < -0.39 is 0 Å². The molecule has 1 amide bonds. The lowest BCUT2D eigenvalue weighted by Gasteiger charge is -2.02. The van der Waals surface area contributed by atoms with Crippen LogP contribution in [-0.2, 0) is 4.79 Å². The van der Waals surface area contributed by atoms with Crippen LogP contribution in [0.2, 0.25) is 0 Å². The summed E-state index contributed by atoms with van der Waals surface area (Å²) in [5.74, 6) is 5.21. The van der Waals surface area contributed by atoms with Crippen LogP contribution in [0.4, 0.5) is 0 Å². The van der Waals surface area contributed by atoms with Crippen LogP contribution in [0.15, 0.2) is 33.6 Å². The Kier molecular flexibility index (Phi) is 3.44. The Morgan fingerprint density at radius 3 is 2.50 bits per heavy atom.